The van der Waals surface area contributed by atoms with E-state index in [9.17, 15) is 9.59 Å². The minimum atomic E-state index is 0.00502. The Morgan fingerprint density at radius 2 is 1.73 bits per heavy atom. The zero-order valence-electron chi connectivity index (χ0n) is 15.2. The van der Waals surface area contributed by atoms with Gasteiger partial charge in [-0.15, -0.1) is 0 Å². The highest BCUT2D eigenvalue weighted by Gasteiger charge is 2.51. The fourth-order valence-electron chi connectivity index (χ4n) is 6.00. The first kappa shape index (κ1) is 17.7. The van der Waals surface area contributed by atoms with Gasteiger partial charge in [0.15, 0.2) is 10.9 Å². The zero-order chi connectivity index (χ0) is 18.3. The number of hydrogen-bond acceptors (Lipinski definition) is 3. The topological polar surface area (TPSA) is 58.2 Å². The third-order valence-corrected chi connectivity index (χ3v) is 6.68. The first-order chi connectivity index (χ1) is 12.4. The van der Waals surface area contributed by atoms with Crippen molar-refractivity contribution in [2.45, 2.75) is 51.9 Å². The highest BCUT2D eigenvalue weighted by atomic mass is 32.1. The van der Waals surface area contributed by atoms with Gasteiger partial charge in [-0.3, -0.25) is 9.59 Å². The van der Waals surface area contributed by atoms with E-state index in [4.69, 9.17) is 12.2 Å². The standard InChI is InChI=1S/C21H26N2O2S/c1-13(24)17-3-2-4-18(8-17)22-20(26)23-19(25)12-21-9-14-5-15(10-21)7-16(6-14)11-21/h2-4,8,14-16H,5-7,9-12H2,1H3,(H2,22,23,25,26). The Kier molecular flexibility index (Phi) is 4.59. The van der Waals surface area contributed by atoms with Crippen LogP contribution in [0.1, 0.15) is 62.2 Å². The number of nitrogens with one attached hydrogen (secondary N) is 2. The van der Waals surface area contributed by atoms with Gasteiger partial charge < -0.3 is 10.6 Å². The van der Waals surface area contributed by atoms with Crippen LogP contribution in [-0.4, -0.2) is 16.8 Å². The number of anilines is 1. The lowest BCUT2D eigenvalue weighted by Gasteiger charge is -2.56. The predicted octanol–water partition coefficient (Wildman–Crippen LogP) is 4.31. The predicted molar refractivity (Wildman–Crippen MR) is 106 cm³/mol. The van der Waals surface area contributed by atoms with Gasteiger partial charge in [-0.25, -0.2) is 0 Å². The molecule has 5 heteroatoms. The maximum absolute atomic E-state index is 12.6. The summed E-state index contributed by atoms with van der Waals surface area (Å²) >= 11 is 5.30. The van der Waals surface area contributed by atoms with Gasteiger partial charge in [0.05, 0.1) is 0 Å². The molecule has 4 nitrogen and oxygen atoms in total. The van der Waals surface area contributed by atoms with Crippen LogP contribution in [0.15, 0.2) is 24.3 Å². The molecular weight excluding hydrogens is 344 g/mol. The summed E-state index contributed by atoms with van der Waals surface area (Å²) in [7, 11) is 0. The van der Waals surface area contributed by atoms with Crippen LogP contribution in [0.25, 0.3) is 0 Å². The molecule has 0 aromatic heterocycles. The van der Waals surface area contributed by atoms with Crippen molar-refractivity contribution in [3.63, 3.8) is 0 Å². The van der Waals surface area contributed by atoms with Gasteiger partial charge in [0.25, 0.3) is 0 Å². The van der Waals surface area contributed by atoms with Crippen molar-refractivity contribution in [3.05, 3.63) is 29.8 Å². The number of amides is 1. The van der Waals surface area contributed by atoms with E-state index in [1.54, 1.807) is 18.2 Å². The maximum Gasteiger partial charge on any atom is 0.226 e. The molecule has 0 saturated heterocycles. The molecule has 0 atom stereocenters. The summed E-state index contributed by atoms with van der Waals surface area (Å²) in [6, 6.07) is 7.16. The molecule has 0 radical (unpaired) electrons. The monoisotopic (exact) mass is 370 g/mol. The van der Waals surface area contributed by atoms with Gasteiger partial charge in [-0.1, -0.05) is 12.1 Å². The number of rotatable bonds is 4. The lowest BCUT2D eigenvalue weighted by atomic mass is 9.49. The van der Waals surface area contributed by atoms with Crippen LogP contribution in [0.5, 0.6) is 0 Å². The number of ketones is 1. The molecule has 4 aliphatic carbocycles. The lowest BCUT2D eigenvalue weighted by Crippen LogP contribution is -2.48. The van der Waals surface area contributed by atoms with E-state index in [1.165, 1.54) is 45.4 Å². The van der Waals surface area contributed by atoms with E-state index in [1.807, 2.05) is 6.07 Å². The molecule has 0 aliphatic heterocycles. The molecule has 0 unspecified atom stereocenters. The number of carbonyl (C=O) groups is 2. The second-order valence-electron chi connectivity index (χ2n) is 8.73. The molecule has 4 saturated carbocycles. The summed E-state index contributed by atoms with van der Waals surface area (Å²) in [5, 5.41) is 6.18. The smallest absolute Gasteiger partial charge is 0.226 e. The van der Waals surface area contributed by atoms with Crippen LogP contribution in [0, 0.1) is 23.2 Å². The van der Waals surface area contributed by atoms with E-state index in [0.29, 0.717) is 17.1 Å². The van der Waals surface area contributed by atoms with E-state index >= 15 is 0 Å². The van der Waals surface area contributed by atoms with E-state index < -0.39 is 0 Å². The summed E-state index contributed by atoms with van der Waals surface area (Å²) < 4.78 is 0. The normalized spacial score (nSPS) is 31.5. The number of benzene rings is 1. The first-order valence-electron chi connectivity index (χ1n) is 9.63. The second-order valence-corrected chi connectivity index (χ2v) is 9.14. The van der Waals surface area contributed by atoms with Gasteiger partial charge in [0, 0.05) is 17.7 Å². The Morgan fingerprint density at radius 3 is 2.31 bits per heavy atom. The molecule has 4 aliphatic rings. The summed E-state index contributed by atoms with van der Waals surface area (Å²) in [4.78, 5) is 24.1. The largest absolute Gasteiger partial charge is 0.332 e. The van der Waals surface area contributed by atoms with Crippen LogP contribution in [0.4, 0.5) is 5.69 Å². The fraction of sp³-hybridized carbons (Fsp3) is 0.571. The minimum absolute atomic E-state index is 0.00502. The summed E-state index contributed by atoms with van der Waals surface area (Å²) in [6.07, 6.45) is 8.38. The van der Waals surface area contributed by atoms with E-state index in [2.05, 4.69) is 10.6 Å². The Morgan fingerprint density at radius 1 is 1.12 bits per heavy atom. The molecule has 26 heavy (non-hydrogen) atoms. The summed E-state index contributed by atoms with van der Waals surface area (Å²) in [5.41, 5.74) is 1.55. The van der Waals surface area contributed by atoms with Crippen molar-refractivity contribution in [1.82, 2.24) is 5.32 Å². The average molecular weight is 371 g/mol. The van der Waals surface area contributed by atoms with E-state index in [0.717, 1.165) is 23.4 Å². The zero-order valence-corrected chi connectivity index (χ0v) is 16.0. The molecule has 0 heterocycles. The summed E-state index contributed by atoms with van der Waals surface area (Å²) in [5.74, 6) is 2.55. The SMILES string of the molecule is CC(=O)c1cccc(NC(=S)NC(=O)CC23CC4CC(CC(C4)C2)C3)c1. The molecule has 5 rings (SSSR count). The Balaban J connectivity index is 1.34. The molecule has 4 bridgehead atoms. The molecule has 1 aromatic rings. The van der Waals surface area contributed by atoms with E-state index in [-0.39, 0.29) is 17.1 Å². The third kappa shape index (κ3) is 3.68. The van der Waals surface area contributed by atoms with Crippen molar-refractivity contribution in [2.75, 3.05) is 5.32 Å². The average Bonchev–Trinajstić information content (AvgIpc) is 2.52. The van der Waals surface area contributed by atoms with Crippen molar-refractivity contribution >= 4 is 34.7 Å². The van der Waals surface area contributed by atoms with Crippen molar-refractivity contribution < 1.29 is 9.59 Å². The first-order valence-corrected chi connectivity index (χ1v) is 10.0. The fourth-order valence-corrected chi connectivity index (χ4v) is 6.23. The van der Waals surface area contributed by atoms with Crippen molar-refractivity contribution in [3.8, 4) is 0 Å². The molecule has 0 spiro atoms. The van der Waals surface area contributed by atoms with Crippen LogP contribution >= 0.6 is 12.2 Å². The molecule has 2 N–H and O–H groups in total. The van der Waals surface area contributed by atoms with Crippen LogP contribution in [0.2, 0.25) is 0 Å². The Labute approximate surface area is 160 Å². The molecule has 1 amide bonds. The molecule has 138 valence electrons. The molecular formula is C21H26N2O2S. The molecule has 4 fully saturated rings. The van der Waals surface area contributed by atoms with Crippen LogP contribution in [-0.2, 0) is 4.79 Å². The minimum Gasteiger partial charge on any atom is -0.332 e. The van der Waals surface area contributed by atoms with Gasteiger partial charge in [-0.05, 0) is 93.0 Å². The number of Topliss-reactive ketones (excluding diaryl/α,β-unsaturated/α-hetero) is 1. The van der Waals surface area contributed by atoms with Crippen molar-refractivity contribution in [1.29, 1.82) is 0 Å². The Hall–Kier alpha value is -1.75. The van der Waals surface area contributed by atoms with Gasteiger partial charge >= 0.3 is 0 Å². The number of carbonyl (C=O) groups excluding carboxylic acids is 2. The second kappa shape index (κ2) is 6.76. The van der Waals surface area contributed by atoms with Gasteiger partial charge in [0.2, 0.25) is 5.91 Å². The highest BCUT2D eigenvalue weighted by molar-refractivity contribution is 7.80. The molecule has 1 aromatic carbocycles. The summed E-state index contributed by atoms with van der Waals surface area (Å²) in [6.45, 7) is 1.53. The quantitative estimate of drug-likeness (QED) is 0.612. The Bertz CT molecular complexity index is 723. The van der Waals surface area contributed by atoms with Gasteiger partial charge in [0.1, 0.15) is 0 Å². The van der Waals surface area contributed by atoms with Crippen molar-refractivity contribution in [2.24, 2.45) is 23.2 Å². The highest BCUT2D eigenvalue weighted by Crippen LogP contribution is 2.61. The van der Waals surface area contributed by atoms with Crippen LogP contribution < -0.4 is 10.6 Å². The number of hydrogen-bond donors (Lipinski definition) is 2. The third-order valence-electron chi connectivity index (χ3n) is 6.48. The lowest BCUT2D eigenvalue weighted by molar-refractivity contribution is -0.127. The maximum atomic E-state index is 12.6. The van der Waals surface area contributed by atoms with Crippen LogP contribution in [0.3, 0.4) is 0 Å². The number of thiocarbonyl (C=S) groups is 1. The van der Waals surface area contributed by atoms with Gasteiger partial charge in [-0.2, -0.15) is 0 Å².